The average molecular weight is 1060 g/mol. The zero-order chi connectivity index (χ0) is 54.1. The van der Waals surface area contributed by atoms with Gasteiger partial charge in [-0.1, -0.05) is 202 Å². The minimum atomic E-state index is -4.76. The molecule has 0 amide bonds. The molecule has 2 N–H and O–H groups in total. The lowest BCUT2D eigenvalue weighted by atomic mass is 10.1. The molecule has 0 radical (unpaired) electrons. The number of carbonyl (C=O) groups excluding carboxylic acids is 3. The van der Waals surface area contributed by atoms with E-state index < -0.39 is 57.8 Å². The lowest BCUT2D eigenvalue weighted by Crippen LogP contribution is -2.30. The van der Waals surface area contributed by atoms with Crippen LogP contribution in [-0.2, 0) is 42.2 Å². The summed E-state index contributed by atoms with van der Waals surface area (Å²) in [5.41, 5.74) is 0. The molecule has 0 rings (SSSR count). The molecule has 12 heteroatoms. The van der Waals surface area contributed by atoms with E-state index in [1.165, 1.54) is 57.8 Å². The number of allylic oxidation sites excluding steroid dienone is 14. The van der Waals surface area contributed by atoms with Crippen LogP contribution in [0.3, 0.4) is 0 Å². The summed E-state index contributed by atoms with van der Waals surface area (Å²) >= 11 is 0. The van der Waals surface area contributed by atoms with Crippen LogP contribution in [0.1, 0.15) is 252 Å². The molecule has 0 aromatic heterocycles. The maximum Gasteiger partial charge on any atom is 0.472 e. The number of aliphatic hydroxyl groups is 1. The number of ether oxygens (including phenoxy) is 3. The predicted octanol–water partition coefficient (Wildman–Crippen LogP) is 17.5. The highest BCUT2D eigenvalue weighted by molar-refractivity contribution is 7.47. The smallest absolute Gasteiger partial charge is 0.462 e. The Hall–Kier alpha value is -3.34. The fraction of sp³-hybridized carbons (Fsp3) is 0.726. The first kappa shape index (κ1) is 70.7. The highest BCUT2D eigenvalue weighted by Crippen LogP contribution is 2.43. The van der Waals surface area contributed by atoms with Gasteiger partial charge >= 0.3 is 25.7 Å². The van der Waals surface area contributed by atoms with Crippen molar-refractivity contribution in [3.8, 4) is 0 Å². The molecule has 0 heterocycles. The second-order valence-electron chi connectivity index (χ2n) is 19.4. The van der Waals surface area contributed by atoms with Crippen LogP contribution in [0.5, 0.6) is 0 Å². The largest absolute Gasteiger partial charge is 0.472 e. The molecular weight excluding hydrogens is 952 g/mol. The van der Waals surface area contributed by atoms with Gasteiger partial charge in [0, 0.05) is 19.3 Å². The molecule has 0 bridgehead atoms. The van der Waals surface area contributed by atoms with Gasteiger partial charge in [0.2, 0.25) is 0 Å². The molecule has 0 aliphatic heterocycles. The maximum absolute atomic E-state index is 12.9. The SMILES string of the molecule is CC/C=C\C/C=C\C/C=C\C/C=C\CCCCCCC(=O)OC(COC(=O)CCCCCCC/C=C\CCCCCCCC)COP(=O)(O)OCC(CO)OC(=O)CCCCCCC/C=C\C/C=C\CCCCC. The molecule has 0 fully saturated rings. The average Bonchev–Trinajstić information content (AvgIpc) is 3.39. The summed E-state index contributed by atoms with van der Waals surface area (Å²) in [5, 5.41) is 9.82. The number of esters is 3. The van der Waals surface area contributed by atoms with Crippen molar-refractivity contribution >= 4 is 25.7 Å². The first-order chi connectivity index (χ1) is 36.2. The van der Waals surface area contributed by atoms with E-state index in [1.807, 2.05) is 0 Å². The Bertz CT molecular complexity index is 1560. The number of aliphatic hydroxyl groups excluding tert-OH is 1. The van der Waals surface area contributed by atoms with Crippen LogP contribution in [0.2, 0.25) is 0 Å². The molecule has 0 aliphatic rings. The van der Waals surface area contributed by atoms with Gasteiger partial charge in [0.25, 0.3) is 0 Å². The summed E-state index contributed by atoms with van der Waals surface area (Å²) in [4.78, 5) is 48.6. The summed E-state index contributed by atoms with van der Waals surface area (Å²) in [6, 6.07) is 0. The Morgan fingerprint density at radius 2 is 0.703 bits per heavy atom. The molecule has 0 aliphatic carbocycles. The number of unbranched alkanes of at least 4 members (excludes halogenated alkanes) is 23. The molecule has 3 atom stereocenters. The van der Waals surface area contributed by atoms with Crippen molar-refractivity contribution in [2.75, 3.05) is 26.4 Å². The van der Waals surface area contributed by atoms with Crippen LogP contribution in [0.4, 0.5) is 0 Å². The molecule has 0 aromatic carbocycles. The van der Waals surface area contributed by atoms with E-state index in [4.69, 9.17) is 23.3 Å². The van der Waals surface area contributed by atoms with Crippen LogP contribution in [0, 0.1) is 0 Å². The standard InChI is InChI=1S/C62H107O11P/c1-4-7-10-13-16-19-22-25-28-29-32-35-38-41-44-47-50-53-62(66)73-59(55-69-60(64)51-48-45-42-39-36-33-30-26-23-20-17-14-11-8-5-2)57-71-74(67,68)70-56-58(54-63)72-61(65)52-49-46-43-40-37-34-31-27-24-21-18-15-12-9-6-3/h7,10,16,18-19,21,25-28,30-32,35,58-59,63H,4-6,8-9,11-15,17,20,22-24,29,33-34,36-57H2,1-3H3,(H,67,68)/b10-7-,19-16-,21-18-,28-25-,30-26-,31-27-,35-32-. The monoisotopic (exact) mass is 1060 g/mol. The van der Waals surface area contributed by atoms with Gasteiger partial charge in [0.05, 0.1) is 19.8 Å². The first-order valence-corrected chi connectivity index (χ1v) is 31.0. The molecule has 3 unspecified atom stereocenters. The second-order valence-corrected chi connectivity index (χ2v) is 20.9. The van der Waals surface area contributed by atoms with Crippen LogP contribution in [-0.4, -0.2) is 66.5 Å². The molecule has 0 aromatic rings. The third-order valence-corrected chi connectivity index (χ3v) is 13.2. The van der Waals surface area contributed by atoms with Crippen molar-refractivity contribution in [1.82, 2.24) is 0 Å². The van der Waals surface area contributed by atoms with Gasteiger partial charge in [-0.3, -0.25) is 23.4 Å². The highest BCUT2D eigenvalue weighted by atomic mass is 31.2. The molecule has 0 saturated carbocycles. The summed E-state index contributed by atoms with van der Waals surface area (Å²) in [6.45, 7) is 4.45. The van der Waals surface area contributed by atoms with Gasteiger partial charge in [-0.05, 0) is 116 Å². The van der Waals surface area contributed by atoms with E-state index in [9.17, 15) is 28.9 Å². The Kier molecular flexibility index (Phi) is 53.4. The number of carbonyl (C=O) groups is 3. The maximum atomic E-state index is 12.9. The lowest BCUT2D eigenvalue weighted by molar-refractivity contribution is -0.161. The van der Waals surface area contributed by atoms with Gasteiger partial charge < -0.3 is 24.2 Å². The van der Waals surface area contributed by atoms with Crippen molar-refractivity contribution in [3.05, 3.63) is 85.1 Å². The zero-order valence-electron chi connectivity index (χ0n) is 47.0. The number of rotatable bonds is 54. The van der Waals surface area contributed by atoms with E-state index in [0.717, 1.165) is 135 Å². The van der Waals surface area contributed by atoms with Gasteiger partial charge in [0.1, 0.15) is 12.7 Å². The molecular formula is C62H107O11P. The van der Waals surface area contributed by atoms with E-state index in [2.05, 4.69) is 106 Å². The van der Waals surface area contributed by atoms with Crippen LogP contribution < -0.4 is 0 Å². The van der Waals surface area contributed by atoms with E-state index in [-0.39, 0.29) is 25.9 Å². The number of phosphoric acid groups is 1. The van der Waals surface area contributed by atoms with Crippen molar-refractivity contribution < 1.29 is 52.2 Å². The van der Waals surface area contributed by atoms with E-state index in [1.54, 1.807) is 0 Å². The van der Waals surface area contributed by atoms with Crippen molar-refractivity contribution in [2.45, 2.75) is 264 Å². The van der Waals surface area contributed by atoms with Gasteiger partial charge in [-0.2, -0.15) is 0 Å². The van der Waals surface area contributed by atoms with Crippen LogP contribution in [0.15, 0.2) is 85.1 Å². The third-order valence-electron chi connectivity index (χ3n) is 12.3. The fourth-order valence-corrected chi connectivity index (χ4v) is 8.57. The summed E-state index contributed by atoms with van der Waals surface area (Å²) in [6.07, 6.45) is 63.9. The zero-order valence-corrected chi connectivity index (χ0v) is 47.9. The Morgan fingerprint density at radius 3 is 1.12 bits per heavy atom. The minimum absolute atomic E-state index is 0.134. The summed E-state index contributed by atoms with van der Waals surface area (Å²) < 4.78 is 39.5. The van der Waals surface area contributed by atoms with Crippen LogP contribution >= 0.6 is 7.82 Å². The third kappa shape index (κ3) is 53.5. The van der Waals surface area contributed by atoms with E-state index >= 15 is 0 Å². The van der Waals surface area contributed by atoms with Crippen LogP contribution in [0.25, 0.3) is 0 Å². The molecule has 0 spiro atoms. The molecule has 74 heavy (non-hydrogen) atoms. The first-order valence-electron chi connectivity index (χ1n) is 29.5. The number of phosphoric ester groups is 1. The van der Waals surface area contributed by atoms with Gasteiger partial charge in [-0.15, -0.1) is 0 Å². The van der Waals surface area contributed by atoms with Crippen molar-refractivity contribution in [3.63, 3.8) is 0 Å². The number of hydrogen-bond acceptors (Lipinski definition) is 10. The lowest BCUT2D eigenvalue weighted by Gasteiger charge is -2.21. The Balaban J connectivity index is 4.79. The number of hydrogen-bond donors (Lipinski definition) is 2. The molecule has 0 saturated heterocycles. The fourth-order valence-electron chi connectivity index (χ4n) is 7.78. The second kappa shape index (κ2) is 55.9. The highest BCUT2D eigenvalue weighted by Gasteiger charge is 2.28. The summed E-state index contributed by atoms with van der Waals surface area (Å²) in [5.74, 6) is -1.52. The van der Waals surface area contributed by atoms with Crippen molar-refractivity contribution in [1.29, 1.82) is 0 Å². The predicted molar refractivity (Wildman–Crippen MR) is 307 cm³/mol. The minimum Gasteiger partial charge on any atom is -0.462 e. The summed E-state index contributed by atoms with van der Waals surface area (Å²) in [7, 11) is -4.76. The molecule has 11 nitrogen and oxygen atoms in total. The Labute approximate surface area is 451 Å². The van der Waals surface area contributed by atoms with Gasteiger partial charge in [-0.25, -0.2) is 4.57 Å². The molecule has 426 valence electrons. The Morgan fingerprint density at radius 1 is 0.392 bits per heavy atom. The van der Waals surface area contributed by atoms with Gasteiger partial charge in [0.15, 0.2) is 6.10 Å². The topological polar surface area (TPSA) is 155 Å². The normalized spacial score (nSPS) is 14.0. The van der Waals surface area contributed by atoms with E-state index in [0.29, 0.717) is 19.3 Å². The quantitative estimate of drug-likeness (QED) is 0.0197. The van der Waals surface area contributed by atoms with Crippen molar-refractivity contribution in [2.24, 2.45) is 0 Å².